The van der Waals surface area contributed by atoms with Gasteiger partial charge in [0.25, 0.3) is 0 Å². The first-order valence-corrected chi connectivity index (χ1v) is 9.45. The second-order valence-corrected chi connectivity index (χ2v) is 7.16. The van der Waals surface area contributed by atoms with E-state index in [1.54, 1.807) is 6.20 Å². The minimum Gasteiger partial charge on any atom is -0.355 e. The van der Waals surface area contributed by atoms with Crippen molar-refractivity contribution in [2.45, 2.75) is 32.6 Å². The number of aromatic nitrogens is 1. The van der Waals surface area contributed by atoms with Crippen LogP contribution in [-0.4, -0.2) is 30.6 Å². The van der Waals surface area contributed by atoms with Crippen LogP contribution >= 0.6 is 0 Å². The first-order chi connectivity index (χ1) is 12.6. The normalized spacial score (nSPS) is 15.1. The third kappa shape index (κ3) is 4.54. The van der Waals surface area contributed by atoms with Crippen LogP contribution in [-0.2, 0) is 0 Å². The molecule has 26 heavy (non-hydrogen) atoms. The Balaban J connectivity index is 1.62. The van der Waals surface area contributed by atoms with Crippen LogP contribution in [0.15, 0.2) is 48.7 Å². The topological polar surface area (TPSA) is 57.3 Å². The fraction of sp³-hybridized carbons (Fsp3) is 0.429. The van der Waals surface area contributed by atoms with Crippen molar-refractivity contribution >= 4 is 17.5 Å². The van der Waals surface area contributed by atoms with Crippen LogP contribution < -0.4 is 15.5 Å². The second kappa shape index (κ2) is 8.70. The fourth-order valence-electron chi connectivity index (χ4n) is 3.48. The molecule has 1 saturated heterocycles. The number of urea groups is 1. The summed E-state index contributed by atoms with van der Waals surface area (Å²) in [5, 5.41) is 6.01. The third-order valence-corrected chi connectivity index (χ3v) is 4.96. The van der Waals surface area contributed by atoms with Crippen molar-refractivity contribution < 1.29 is 4.79 Å². The lowest BCUT2D eigenvalue weighted by Gasteiger charge is -2.23. The molecule has 138 valence electrons. The molecule has 2 amide bonds. The smallest absolute Gasteiger partial charge is 0.319 e. The lowest BCUT2D eigenvalue weighted by Crippen LogP contribution is -2.34. The number of carbonyl (C=O) groups is 1. The second-order valence-electron chi connectivity index (χ2n) is 7.16. The average molecular weight is 352 g/mol. The van der Waals surface area contributed by atoms with Gasteiger partial charge in [-0.2, -0.15) is 0 Å². The molecule has 2 heterocycles. The van der Waals surface area contributed by atoms with Gasteiger partial charge in [0.2, 0.25) is 0 Å². The molecule has 1 aliphatic rings. The molecule has 1 fully saturated rings. The van der Waals surface area contributed by atoms with Gasteiger partial charge in [0.1, 0.15) is 0 Å². The zero-order valence-electron chi connectivity index (χ0n) is 15.6. The summed E-state index contributed by atoms with van der Waals surface area (Å²) in [6, 6.07) is 13.9. The zero-order valence-corrected chi connectivity index (χ0v) is 15.6. The van der Waals surface area contributed by atoms with Gasteiger partial charge in [0, 0.05) is 31.7 Å². The van der Waals surface area contributed by atoms with E-state index < -0.39 is 0 Å². The van der Waals surface area contributed by atoms with Gasteiger partial charge < -0.3 is 15.5 Å². The van der Waals surface area contributed by atoms with E-state index in [-0.39, 0.29) is 11.9 Å². The van der Waals surface area contributed by atoms with Gasteiger partial charge in [-0.05, 0) is 36.5 Å². The highest BCUT2D eigenvalue weighted by molar-refractivity contribution is 5.92. The van der Waals surface area contributed by atoms with Crippen LogP contribution in [0.5, 0.6) is 0 Å². The van der Waals surface area contributed by atoms with Gasteiger partial charge in [-0.3, -0.25) is 0 Å². The number of benzene rings is 1. The predicted molar refractivity (Wildman–Crippen MR) is 107 cm³/mol. The molecule has 0 radical (unpaired) electrons. The Labute approximate surface area is 155 Å². The monoisotopic (exact) mass is 352 g/mol. The molecule has 0 aliphatic carbocycles. The third-order valence-electron chi connectivity index (χ3n) is 4.96. The number of nitrogens with one attached hydrogen (secondary N) is 2. The van der Waals surface area contributed by atoms with Gasteiger partial charge in [0.15, 0.2) is 5.82 Å². The van der Waals surface area contributed by atoms with E-state index in [0.29, 0.717) is 12.5 Å². The summed E-state index contributed by atoms with van der Waals surface area (Å²) >= 11 is 0. The largest absolute Gasteiger partial charge is 0.355 e. The first-order valence-electron chi connectivity index (χ1n) is 9.45. The molecule has 0 saturated carbocycles. The molecule has 5 heteroatoms. The van der Waals surface area contributed by atoms with Crippen molar-refractivity contribution in [1.29, 1.82) is 0 Å². The highest BCUT2D eigenvalue weighted by atomic mass is 16.2. The number of hydrogen-bond acceptors (Lipinski definition) is 3. The Bertz CT molecular complexity index is 711. The van der Waals surface area contributed by atoms with Gasteiger partial charge >= 0.3 is 6.03 Å². The lowest BCUT2D eigenvalue weighted by molar-refractivity contribution is 0.250. The van der Waals surface area contributed by atoms with Crippen LogP contribution in [0.25, 0.3) is 0 Å². The first kappa shape index (κ1) is 18.2. The molecule has 3 rings (SSSR count). The van der Waals surface area contributed by atoms with Crippen LogP contribution in [0, 0.1) is 5.92 Å². The van der Waals surface area contributed by atoms with Crippen molar-refractivity contribution in [1.82, 2.24) is 10.3 Å². The molecule has 1 aliphatic heterocycles. The molecular weight excluding hydrogens is 324 g/mol. The van der Waals surface area contributed by atoms with E-state index in [1.807, 2.05) is 30.3 Å². The Morgan fingerprint density at radius 2 is 1.85 bits per heavy atom. The Kier molecular flexibility index (Phi) is 6.10. The number of rotatable bonds is 6. The summed E-state index contributed by atoms with van der Waals surface area (Å²) in [7, 11) is 0. The Morgan fingerprint density at radius 1 is 1.12 bits per heavy atom. The van der Waals surface area contributed by atoms with Crippen LogP contribution in [0.2, 0.25) is 0 Å². The van der Waals surface area contributed by atoms with Crippen LogP contribution in [0.4, 0.5) is 16.3 Å². The van der Waals surface area contributed by atoms with Gasteiger partial charge in [-0.15, -0.1) is 0 Å². The Hall–Kier alpha value is -2.56. The molecule has 2 aromatic rings. The standard InChI is InChI=1S/C21H28N4O/c1-16(2)18(17-9-4-3-5-10-17)15-23-21(26)24-19-11-8-12-22-20(19)25-13-6-7-14-25/h3-5,8-12,16,18H,6-7,13-15H2,1-2H3,(H2,23,24,26). The summed E-state index contributed by atoms with van der Waals surface area (Å²) in [5.41, 5.74) is 2.02. The quantitative estimate of drug-likeness (QED) is 0.817. The number of pyridine rings is 1. The number of amides is 2. The number of hydrogen-bond donors (Lipinski definition) is 2. The predicted octanol–water partition coefficient (Wildman–Crippen LogP) is 4.24. The molecule has 5 nitrogen and oxygen atoms in total. The van der Waals surface area contributed by atoms with Gasteiger partial charge in [0.05, 0.1) is 5.69 Å². The minimum absolute atomic E-state index is 0.181. The molecule has 1 atom stereocenters. The van der Waals surface area contributed by atoms with E-state index in [2.05, 4.69) is 46.5 Å². The molecule has 0 spiro atoms. The maximum absolute atomic E-state index is 12.5. The summed E-state index contributed by atoms with van der Waals surface area (Å²) in [5.74, 6) is 1.59. The van der Waals surface area contributed by atoms with Crippen molar-refractivity contribution in [2.75, 3.05) is 29.9 Å². The maximum Gasteiger partial charge on any atom is 0.319 e. The molecule has 1 unspecified atom stereocenters. The lowest BCUT2D eigenvalue weighted by atomic mass is 9.88. The average Bonchev–Trinajstić information content (AvgIpc) is 3.17. The highest BCUT2D eigenvalue weighted by Crippen LogP contribution is 2.26. The summed E-state index contributed by atoms with van der Waals surface area (Å²) < 4.78 is 0. The number of nitrogens with zero attached hydrogens (tertiary/aromatic N) is 2. The summed E-state index contributed by atoms with van der Waals surface area (Å²) in [6.07, 6.45) is 4.13. The van der Waals surface area contributed by atoms with Crippen LogP contribution in [0.3, 0.4) is 0 Å². The van der Waals surface area contributed by atoms with Crippen molar-refractivity contribution in [3.63, 3.8) is 0 Å². The summed E-state index contributed by atoms with van der Waals surface area (Å²) in [6.45, 7) is 6.97. The minimum atomic E-state index is -0.181. The maximum atomic E-state index is 12.5. The highest BCUT2D eigenvalue weighted by Gasteiger charge is 2.19. The molecule has 0 bridgehead atoms. The Morgan fingerprint density at radius 3 is 2.54 bits per heavy atom. The van der Waals surface area contributed by atoms with E-state index in [1.165, 1.54) is 18.4 Å². The van der Waals surface area contributed by atoms with E-state index in [4.69, 9.17) is 0 Å². The zero-order chi connectivity index (χ0) is 18.4. The molecule has 1 aromatic heterocycles. The molecule has 2 N–H and O–H groups in total. The fourth-order valence-corrected chi connectivity index (χ4v) is 3.48. The molecular formula is C21H28N4O. The number of carbonyl (C=O) groups excluding carboxylic acids is 1. The van der Waals surface area contributed by atoms with Crippen molar-refractivity contribution in [3.05, 3.63) is 54.2 Å². The van der Waals surface area contributed by atoms with Gasteiger partial charge in [-0.25, -0.2) is 9.78 Å². The van der Waals surface area contributed by atoms with Gasteiger partial charge in [-0.1, -0.05) is 44.2 Å². The van der Waals surface area contributed by atoms with Crippen LogP contribution in [0.1, 0.15) is 38.2 Å². The van der Waals surface area contributed by atoms with Crippen molar-refractivity contribution in [2.24, 2.45) is 5.92 Å². The number of anilines is 2. The SMILES string of the molecule is CC(C)C(CNC(=O)Nc1cccnc1N1CCCC1)c1ccccc1. The van der Waals surface area contributed by atoms with Crippen molar-refractivity contribution in [3.8, 4) is 0 Å². The summed E-state index contributed by atoms with van der Waals surface area (Å²) in [4.78, 5) is 19.2. The van der Waals surface area contributed by atoms with E-state index in [9.17, 15) is 4.79 Å². The van der Waals surface area contributed by atoms with E-state index in [0.717, 1.165) is 24.6 Å². The molecule has 1 aromatic carbocycles. The van der Waals surface area contributed by atoms with E-state index >= 15 is 0 Å².